The molecule has 0 aliphatic carbocycles. The zero-order valence-corrected chi connectivity index (χ0v) is 26.6. The number of nitrogens with zero attached hydrogens (tertiary/aromatic N) is 4. The summed E-state index contributed by atoms with van der Waals surface area (Å²) in [6, 6.07) is 54.2. The van der Waals surface area contributed by atoms with Crippen LogP contribution in [0.25, 0.3) is 66.1 Å². The molecular formula is C42H27AlN4. The van der Waals surface area contributed by atoms with Crippen molar-refractivity contribution >= 4 is 64.5 Å². The number of aromatic nitrogens is 3. The average molecular weight is 615 g/mol. The number of hydrogen-bond acceptors (Lipinski definition) is 1. The lowest BCUT2D eigenvalue weighted by atomic mass is 9.91. The van der Waals surface area contributed by atoms with Gasteiger partial charge < -0.3 is 15.6 Å². The fourth-order valence-electron chi connectivity index (χ4n) is 8.36. The average Bonchev–Trinajstić information content (AvgIpc) is 3.89. The highest BCUT2D eigenvalue weighted by molar-refractivity contribution is 6.57. The van der Waals surface area contributed by atoms with Gasteiger partial charge in [-0.2, -0.15) is 0 Å². The molecule has 0 amide bonds. The van der Waals surface area contributed by atoms with Gasteiger partial charge in [0.25, 0.3) is 0 Å². The lowest BCUT2D eigenvalue weighted by Gasteiger charge is -2.32. The molecule has 0 saturated heterocycles. The molecule has 4 nitrogen and oxygen atoms in total. The van der Waals surface area contributed by atoms with Gasteiger partial charge in [-0.1, -0.05) is 103 Å². The highest BCUT2D eigenvalue weighted by Crippen LogP contribution is 2.50. The molecule has 0 unspecified atom stereocenters. The van der Waals surface area contributed by atoms with Crippen molar-refractivity contribution in [1.82, 2.24) is 10.7 Å². The number of rotatable bonds is 0. The summed E-state index contributed by atoms with van der Waals surface area (Å²) in [6.07, 6.45) is 6.99. The molecule has 6 heterocycles. The molecule has 12 rings (SSSR count). The maximum atomic E-state index is 2.63. The summed E-state index contributed by atoms with van der Waals surface area (Å²) in [6.45, 7) is 0. The van der Waals surface area contributed by atoms with Crippen LogP contribution in [0, 0.1) is 0 Å². The Labute approximate surface area is 276 Å². The third-order valence-electron chi connectivity index (χ3n) is 10.3. The van der Waals surface area contributed by atoms with Crippen LogP contribution in [0.5, 0.6) is 0 Å². The van der Waals surface area contributed by atoms with E-state index in [1.165, 1.54) is 77.5 Å². The monoisotopic (exact) mass is 614 g/mol. The van der Waals surface area contributed by atoms with Crippen LogP contribution in [0.15, 0.2) is 164 Å². The number of hydrogen-bond donors (Lipinski definition) is 0. The van der Waals surface area contributed by atoms with E-state index in [1.54, 1.807) is 0 Å². The predicted octanol–water partition coefficient (Wildman–Crippen LogP) is 10.6. The van der Waals surface area contributed by atoms with E-state index in [4.69, 9.17) is 0 Å². The van der Waals surface area contributed by atoms with E-state index in [0.717, 1.165) is 5.69 Å². The van der Waals surface area contributed by atoms with Gasteiger partial charge in [0.1, 0.15) is 0 Å². The third kappa shape index (κ3) is 3.37. The van der Waals surface area contributed by atoms with Crippen molar-refractivity contribution in [3.8, 4) is 33.5 Å². The first-order valence-corrected chi connectivity index (χ1v) is 17.8. The summed E-state index contributed by atoms with van der Waals surface area (Å²) in [5.41, 5.74) is 13.4. The second-order valence-electron chi connectivity index (χ2n) is 12.6. The summed E-state index contributed by atoms with van der Waals surface area (Å²) in [4.78, 5) is 2.53. The van der Waals surface area contributed by atoms with Gasteiger partial charge in [0.05, 0.1) is 17.1 Å². The smallest absolute Gasteiger partial charge is 0.401 e. The van der Waals surface area contributed by atoms with E-state index >= 15 is 0 Å². The topological polar surface area (TPSA) is 18.0 Å². The van der Waals surface area contributed by atoms with Crippen LogP contribution < -0.4 is 4.90 Å². The van der Waals surface area contributed by atoms with Crippen LogP contribution >= 0.6 is 0 Å². The van der Waals surface area contributed by atoms with Gasteiger partial charge in [0.15, 0.2) is 0 Å². The lowest BCUT2D eigenvalue weighted by Crippen LogP contribution is -2.41. The third-order valence-corrected chi connectivity index (χ3v) is 13.1. The SMILES string of the molecule is c1ccc2c(c1)-c1ccccc1N1c3ccccc3-c3ccc[n]3[Al]([n]3ccc4cccc-2c43)[n]2ccc3ccc4cccc1c4c32. The Hall–Kier alpha value is -5.73. The number of anilines is 3. The summed E-state index contributed by atoms with van der Waals surface area (Å²) in [7, 11) is 0. The molecule has 5 heteroatoms. The molecular weight excluding hydrogens is 587 g/mol. The molecule has 0 N–H and O–H groups in total. The minimum absolute atomic E-state index is 1.16. The molecule has 6 aromatic carbocycles. The van der Waals surface area contributed by atoms with Crippen molar-refractivity contribution in [3.05, 3.63) is 164 Å². The minimum atomic E-state index is -2.28. The molecule has 218 valence electrons. The molecule has 0 atom stereocenters. The zero-order chi connectivity index (χ0) is 30.6. The summed E-state index contributed by atoms with van der Waals surface area (Å²) >= 11 is -2.28. The van der Waals surface area contributed by atoms with Crippen molar-refractivity contribution in [1.29, 1.82) is 0 Å². The second kappa shape index (κ2) is 9.40. The van der Waals surface area contributed by atoms with Crippen molar-refractivity contribution < 1.29 is 0 Å². The van der Waals surface area contributed by atoms with E-state index in [2.05, 4.69) is 180 Å². The van der Waals surface area contributed by atoms with Gasteiger partial charge in [-0.05, 0) is 88.3 Å². The van der Waals surface area contributed by atoms with Gasteiger partial charge in [-0.25, -0.2) is 0 Å². The molecule has 0 saturated carbocycles. The Kier molecular flexibility index (Phi) is 5.09. The molecule has 2 bridgehead atoms. The number of para-hydroxylation sites is 3. The first-order chi connectivity index (χ1) is 23.3. The molecule has 9 aromatic rings. The minimum Gasteiger partial charge on any atom is -0.401 e. The maximum absolute atomic E-state index is 2.63. The van der Waals surface area contributed by atoms with Gasteiger partial charge in [-0.3, -0.25) is 0 Å². The molecule has 3 aromatic heterocycles. The first-order valence-electron chi connectivity index (χ1n) is 16.2. The van der Waals surface area contributed by atoms with E-state index in [0.29, 0.717) is 0 Å². The van der Waals surface area contributed by atoms with Gasteiger partial charge in [0.2, 0.25) is 0 Å². The number of benzene rings is 6. The fourth-order valence-corrected chi connectivity index (χ4v) is 11.4. The lowest BCUT2D eigenvalue weighted by molar-refractivity contribution is 1.00. The van der Waals surface area contributed by atoms with Crippen LogP contribution in [0.3, 0.4) is 0 Å². The Morgan fingerprint density at radius 2 is 0.915 bits per heavy atom. The zero-order valence-electron chi connectivity index (χ0n) is 25.5. The van der Waals surface area contributed by atoms with E-state index in [1.807, 2.05) is 0 Å². The van der Waals surface area contributed by atoms with Crippen LogP contribution in [-0.4, -0.2) is 25.5 Å². The molecule has 3 aliphatic rings. The predicted molar refractivity (Wildman–Crippen MR) is 196 cm³/mol. The summed E-state index contributed by atoms with van der Waals surface area (Å²) in [5.74, 6) is 0. The Morgan fingerprint density at radius 3 is 1.74 bits per heavy atom. The van der Waals surface area contributed by atoms with Crippen LogP contribution in [0.1, 0.15) is 0 Å². The molecule has 0 spiro atoms. The van der Waals surface area contributed by atoms with Gasteiger partial charge in [0, 0.05) is 38.8 Å². The van der Waals surface area contributed by atoms with E-state index in [-0.39, 0.29) is 0 Å². The van der Waals surface area contributed by atoms with Crippen molar-refractivity contribution in [2.75, 3.05) is 4.90 Å². The van der Waals surface area contributed by atoms with Crippen molar-refractivity contribution in [2.24, 2.45) is 0 Å². The Bertz CT molecular complexity index is 2730. The summed E-state index contributed by atoms with van der Waals surface area (Å²) in [5, 5.41) is 5.03. The van der Waals surface area contributed by atoms with Crippen molar-refractivity contribution in [2.45, 2.75) is 0 Å². The van der Waals surface area contributed by atoms with E-state index in [9.17, 15) is 0 Å². The van der Waals surface area contributed by atoms with Gasteiger partial charge in [-0.15, -0.1) is 0 Å². The standard InChI is InChI=1S/C42H27N4.Al/c1-2-13-32(34-16-7-11-29-23-26-44-41(29)34)31(12-1)33-14-3-5-18-37(33)46(38-19-6-4-15-35(38)36-17-9-25-43-36)39-20-8-10-28-21-22-30-24-27-45-42(30)40(28)39;/h1-27H;/q-3;+3. The van der Waals surface area contributed by atoms with Gasteiger partial charge >= 0.3 is 14.8 Å². The Balaban J connectivity index is 1.48. The fraction of sp³-hybridized carbons (Fsp3) is 0. The van der Waals surface area contributed by atoms with Crippen molar-refractivity contribution in [3.63, 3.8) is 0 Å². The largest absolute Gasteiger partial charge is 0.755 e. The highest BCUT2D eigenvalue weighted by Gasteiger charge is 2.38. The van der Waals surface area contributed by atoms with Crippen LogP contribution in [-0.2, 0) is 0 Å². The second-order valence-corrected chi connectivity index (χ2v) is 15.0. The highest BCUT2D eigenvalue weighted by atomic mass is 27.2. The maximum Gasteiger partial charge on any atom is 0.755 e. The van der Waals surface area contributed by atoms with E-state index < -0.39 is 14.8 Å². The molecule has 3 aliphatic heterocycles. The normalized spacial score (nSPS) is 13.0. The van der Waals surface area contributed by atoms with Crippen LogP contribution in [0.2, 0.25) is 0 Å². The first kappa shape index (κ1) is 25.5. The molecule has 0 fully saturated rings. The molecule has 0 radical (unpaired) electrons. The molecule has 47 heavy (non-hydrogen) atoms. The Morgan fingerprint density at radius 1 is 0.340 bits per heavy atom. The van der Waals surface area contributed by atoms with Crippen LogP contribution in [0.4, 0.5) is 17.1 Å². The quantitative estimate of drug-likeness (QED) is 0.155. The summed E-state index contributed by atoms with van der Waals surface area (Å²) < 4.78 is 7.84.